The summed E-state index contributed by atoms with van der Waals surface area (Å²) in [5.74, 6) is 0.820. The van der Waals surface area contributed by atoms with E-state index in [0.717, 1.165) is 37.3 Å². The highest BCUT2D eigenvalue weighted by Gasteiger charge is 2.30. The van der Waals surface area contributed by atoms with E-state index in [2.05, 4.69) is 15.3 Å². The lowest BCUT2D eigenvalue weighted by atomic mass is 9.87. The smallest absolute Gasteiger partial charge is 0.407 e. The van der Waals surface area contributed by atoms with Gasteiger partial charge in [0.15, 0.2) is 0 Å². The minimum Gasteiger partial charge on any atom is -0.465 e. The van der Waals surface area contributed by atoms with Crippen molar-refractivity contribution in [2.45, 2.75) is 24.7 Å². The Kier molecular flexibility index (Phi) is 3.33. The van der Waals surface area contributed by atoms with E-state index in [0.29, 0.717) is 24.9 Å². The van der Waals surface area contributed by atoms with Gasteiger partial charge in [-0.1, -0.05) is 0 Å². The van der Waals surface area contributed by atoms with Crippen molar-refractivity contribution in [3.63, 3.8) is 0 Å². The summed E-state index contributed by atoms with van der Waals surface area (Å²) in [4.78, 5) is 21.4. The molecule has 0 saturated carbocycles. The minimum absolute atomic E-state index is 0.347. The van der Waals surface area contributed by atoms with Crippen LogP contribution in [-0.4, -0.2) is 52.2 Å². The maximum absolute atomic E-state index is 10.9. The Balaban J connectivity index is 1.74. The Morgan fingerprint density at radius 2 is 1.74 bits per heavy atom. The molecule has 2 aliphatic heterocycles. The summed E-state index contributed by atoms with van der Waals surface area (Å²) in [5.41, 5.74) is 2.19. The summed E-state index contributed by atoms with van der Waals surface area (Å²) in [7, 11) is 0. The van der Waals surface area contributed by atoms with Crippen molar-refractivity contribution in [1.82, 2.24) is 20.2 Å². The van der Waals surface area contributed by atoms with Crippen LogP contribution in [0.2, 0.25) is 0 Å². The van der Waals surface area contributed by atoms with Gasteiger partial charge < -0.3 is 15.3 Å². The fourth-order valence-electron chi connectivity index (χ4n) is 2.81. The number of carbonyl (C=O) groups is 1. The van der Waals surface area contributed by atoms with Gasteiger partial charge >= 0.3 is 6.09 Å². The number of hydrogen-bond donors (Lipinski definition) is 2. The van der Waals surface area contributed by atoms with E-state index >= 15 is 0 Å². The molecule has 0 spiro atoms. The highest BCUT2D eigenvalue weighted by atomic mass is 16.4. The molecule has 19 heavy (non-hydrogen) atoms. The van der Waals surface area contributed by atoms with Gasteiger partial charge in [0.05, 0.1) is 11.4 Å². The number of piperidine rings is 1. The van der Waals surface area contributed by atoms with Gasteiger partial charge in [-0.15, -0.1) is 0 Å². The lowest BCUT2D eigenvalue weighted by Crippen LogP contribution is -2.42. The van der Waals surface area contributed by atoms with Crippen molar-refractivity contribution in [2.24, 2.45) is 0 Å². The van der Waals surface area contributed by atoms with Crippen molar-refractivity contribution in [2.75, 3.05) is 26.2 Å². The average molecular weight is 262 g/mol. The van der Waals surface area contributed by atoms with Gasteiger partial charge in [-0.2, -0.15) is 0 Å². The van der Waals surface area contributed by atoms with Gasteiger partial charge in [0, 0.05) is 50.4 Å². The predicted octanol–water partition coefficient (Wildman–Crippen LogP) is 1.02. The molecule has 2 aliphatic rings. The molecule has 0 radical (unpaired) electrons. The van der Waals surface area contributed by atoms with Crippen LogP contribution in [0.4, 0.5) is 4.79 Å². The lowest BCUT2D eigenvalue weighted by Gasteiger charge is -2.33. The fourth-order valence-corrected chi connectivity index (χ4v) is 2.81. The SMILES string of the molecule is O=C(O)N1CCC(c2nccnc2C2CNC2)CC1. The first-order valence-electron chi connectivity index (χ1n) is 6.75. The Hall–Kier alpha value is -1.69. The van der Waals surface area contributed by atoms with E-state index in [1.807, 2.05) is 0 Å². The lowest BCUT2D eigenvalue weighted by molar-refractivity contribution is 0.131. The van der Waals surface area contributed by atoms with E-state index in [-0.39, 0.29) is 0 Å². The molecule has 0 aliphatic carbocycles. The largest absolute Gasteiger partial charge is 0.465 e. The Bertz CT molecular complexity index is 467. The summed E-state index contributed by atoms with van der Waals surface area (Å²) >= 11 is 0. The predicted molar refractivity (Wildman–Crippen MR) is 69.2 cm³/mol. The molecular formula is C13H18N4O2. The number of rotatable bonds is 2. The molecule has 3 rings (SSSR count). The Labute approximate surface area is 111 Å². The highest BCUT2D eigenvalue weighted by Crippen LogP contribution is 2.32. The Morgan fingerprint density at radius 1 is 1.16 bits per heavy atom. The van der Waals surface area contributed by atoms with Crippen LogP contribution in [0, 0.1) is 0 Å². The zero-order valence-corrected chi connectivity index (χ0v) is 10.7. The quantitative estimate of drug-likeness (QED) is 0.832. The Morgan fingerprint density at radius 3 is 2.21 bits per heavy atom. The average Bonchev–Trinajstić information content (AvgIpc) is 2.37. The van der Waals surface area contributed by atoms with E-state index in [4.69, 9.17) is 5.11 Å². The first kappa shape index (κ1) is 12.3. The molecule has 0 bridgehead atoms. The van der Waals surface area contributed by atoms with Gasteiger partial charge in [0.25, 0.3) is 0 Å². The molecule has 0 unspecified atom stereocenters. The maximum Gasteiger partial charge on any atom is 0.407 e. The third-order valence-electron chi connectivity index (χ3n) is 4.08. The van der Waals surface area contributed by atoms with Crippen LogP contribution in [0.15, 0.2) is 12.4 Å². The molecule has 2 saturated heterocycles. The molecule has 102 valence electrons. The molecular weight excluding hydrogens is 244 g/mol. The first-order chi connectivity index (χ1) is 9.25. The minimum atomic E-state index is -0.819. The van der Waals surface area contributed by atoms with Crippen LogP contribution >= 0.6 is 0 Å². The summed E-state index contributed by atoms with van der Waals surface area (Å²) < 4.78 is 0. The number of amides is 1. The molecule has 2 N–H and O–H groups in total. The van der Waals surface area contributed by atoms with Crippen LogP contribution in [-0.2, 0) is 0 Å². The molecule has 1 amide bonds. The third kappa shape index (κ3) is 2.40. The van der Waals surface area contributed by atoms with Crippen molar-refractivity contribution < 1.29 is 9.90 Å². The van der Waals surface area contributed by atoms with Crippen LogP contribution in [0.1, 0.15) is 36.1 Å². The highest BCUT2D eigenvalue weighted by molar-refractivity contribution is 5.65. The monoisotopic (exact) mass is 262 g/mol. The molecule has 0 aromatic carbocycles. The van der Waals surface area contributed by atoms with Crippen molar-refractivity contribution in [3.05, 3.63) is 23.8 Å². The van der Waals surface area contributed by atoms with E-state index in [1.54, 1.807) is 12.4 Å². The van der Waals surface area contributed by atoms with E-state index in [1.165, 1.54) is 4.90 Å². The summed E-state index contributed by atoms with van der Waals surface area (Å²) in [6, 6.07) is 0. The van der Waals surface area contributed by atoms with Gasteiger partial charge in [0.2, 0.25) is 0 Å². The van der Waals surface area contributed by atoms with Crippen molar-refractivity contribution >= 4 is 6.09 Å². The molecule has 6 nitrogen and oxygen atoms in total. The van der Waals surface area contributed by atoms with Gasteiger partial charge in [-0.25, -0.2) is 4.79 Å². The van der Waals surface area contributed by atoms with Gasteiger partial charge in [0.1, 0.15) is 0 Å². The molecule has 1 aromatic heterocycles. The fraction of sp³-hybridized carbons (Fsp3) is 0.615. The molecule has 6 heteroatoms. The topological polar surface area (TPSA) is 78.3 Å². The molecule has 1 aromatic rings. The first-order valence-corrected chi connectivity index (χ1v) is 6.75. The number of aromatic nitrogens is 2. The summed E-state index contributed by atoms with van der Waals surface area (Å²) in [6.07, 6.45) is 4.37. The number of nitrogens with one attached hydrogen (secondary N) is 1. The second kappa shape index (κ2) is 5.13. The van der Waals surface area contributed by atoms with Gasteiger partial charge in [-0.3, -0.25) is 9.97 Å². The van der Waals surface area contributed by atoms with Crippen LogP contribution < -0.4 is 5.32 Å². The van der Waals surface area contributed by atoms with Crippen LogP contribution in [0.5, 0.6) is 0 Å². The third-order valence-corrected chi connectivity index (χ3v) is 4.08. The second-order valence-electron chi connectivity index (χ2n) is 5.23. The van der Waals surface area contributed by atoms with E-state index in [9.17, 15) is 4.79 Å². The maximum atomic E-state index is 10.9. The second-order valence-corrected chi connectivity index (χ2v) is 5.23. The van der Waals surface area contributed by atoms with Gasteiger partial charge in [-0.05, 0) is 12.8 Å². The van der Waals surface area contributed by atoms with Crippen molar-refractivity contribution in [3.8, 4) is 0 Å². The number of carboxylic acid groups (broad SMARTS) is 1. The number of hydrogen-bond acceptors (Lipinski definition) is 4. The normalized spacial score (nSPS) is 21.2. The summed E-state index contributed by atoms with van der Waals surface area (Å²) in [6.45, 7) is 3.14. The zero-order valence-electron chi connectivity index (χ0n) is 10.7. The zero-order chi connectivity index (χ0) is 13.2. The number of nitrogens with zero attached hydrogens (tertiary/aromatic N) is 3. The van der Waals surface area contributed by atoms with Crippen LogP contribution in [0.3, 0.4) is 0 Å². The standard InChI is InChI=1S/C13H18N4O2/c18-13(19)17-5-1-9(2-6-17)11-12(10-7-14-8-10)16-4-3-15-11/h3-4,9-10,14H,1-2,5-8H2,(H,18,19). The van der Waals surface area contributed by atoms with E-state index < -0.39 is 6.09 Å². The molecule has 3 heterocycles. The molecule has 2 fully saturated rings. The molecule has 0 atom stereocenters. The number of likely N-dealkylation sites (tertiary alicyclic amines) is 1. The van der Waals surface area contributed by atoms with Crippen LogP contribution in [0.25, 0.3) is 0 Å². The summed E-state index contributed by atoms with van der Waals surface area (Å²) in [5, 5.41) is 12.2. The van der Waals surface area contributed by atoms with Crippen molar-refractivity contribution in [1.29, 1.82) is 0 Å².